The fourth-order valence-corrected chi connectivity index (χ4v) is 5.17. The van der Waals surface area contributed by atoms with Gasteiger partial charge in [-0.2, -0.15) is 13.2 Å². The Morgan fingerprint density at radius 1 is 0.900 bits per heavy atom. The Kier molecular flexibility index (Phi) is 11.1. The summed E-state index contributed by atoms with van der Waals surface area (Å²) in [6.07, 6.45) is -5.69. The molecule has 3 aromatic rings. The molecule has 0 aliphatic carbocycles. The summed E-state index contributed by atoms with van der Waals surface area (Å²) in [5.74, 6) is -2.61. The molecule has 50 heavy (non-hydrogen) atoms. The molecule has 0 radical (unpaired) electrons. The maximum atomic E-state index is 15.0. The number of halogens is 4. The Balaban J connectivity index is 1.68. The molecule has 1 aliphatic heterocycles. The largest absolute Gasteiger partial charge is 0.490 e. The fraction of sp³-hybridized carbons (Fsp3) is 0.543. The number of ether oxygens (including phenoxy) is 4. The Hall–Kier alpha value is -4.40. The zero-order chi connectivity index (χ0) is 37.1. The summed E-state index contributed by atoms with van der Waals surface area (Å²) in [7, 11) is 0. The number of hydrogen-bond donors (Lipinski definition) is 0. The summed E-state index contributed by atoms with van der Waals surface area (Å²) in [5, 5.41) is 7.27. The van der Waals surface area contributed by atoms with Crippen LogP contribution in [-0.2, 0) is 36.5 Å². The molecule has 0 unspecified atom stereocenters. The summed E-state index contributed by atoms with van der Waals surface area (Å²) >= 11 is 0. The zero-order valence-corrected chi connectivity index (χ0v) is 28.8. The van der Waals surface area contributed by atoms with Gasteiger partial charge in [0, 0.05) is 44.6 Å². The average molecular weight is 708 g/mol. The first kappa shape index (κ1) is 38.4. The maximum absolute atomic E-state index is 15.0. The number of ketones is 1. The monoisotopic (exact) mass is 707 g/mol. The van der Waals surface area contributed by atoms with E-state index in [4.69, 9.17) is 18.9 Å². The fourth-order valence-electron chi connectivity index (χ4n) is 5.17. The highest BCUT2D eigenvalue weighted by Crippen LogP contribution is 2.37. The summed E-state index contributed by atoms with van der Waals surface area (Å²) < 4.78 is 78.0. The molecule has 2 aromatic carbocycles. The lowest BCUT2D eigenvalue weighted by Gasteiger charge is -2.34. The first-order valence-electron chi connectivity index (χ1n) is 16.1. The van der Waals surface area contributed by atoms with E-state index in [0.29, 0.717) is 11.8 Å². The molecular weight excluding hydrogens is 666 g/mol. The highest BCUT2D eigenvalue weighted by atomic mass is 19.4. The molecular formula is C35H41F4N3O8. The Morgan fingerprint density at radius 3 is 2.02 bits per heavy atom. The van der Waals surface area contributed by atoms with E-state index in [1.807, 2.05) is 0 Å². The van der Waals surface area contributed by atoms with E-state index in [2.05, 4.69) is 10.3 Å². The van der Waals surface area contributed by atoms with E-state index >= 15 is 0 Å². The van der Waals surface area contributed by atoms with E-state index in [-0.39, 0.29) is 49.1 Å². The number of esters is 2. The second-order valence-electron chi connectivity index (χ2n) is 14.4. The third-order valence-corrected chi connectivity index (χ3v) is 7.90. The van der Waals surface area contributed by atoms with Gasteiger partial charge in [-0.15, -0.1) is 5.10 Å². The van der Waals surface area contributed by atoms with E-state index in [1.165, 1.54) is 24.3 Å². The number of hydrogen-bond acceptors (Lipinski definition) is 10. The van der Waals surface area contributed by atoms with Gasteiger partial charge in [0.1, 0.15) is 34.7 Å². The van der Waals surface area contributed by atoms with Crippen LogP contribution in [-0.4, -0.2) is 69.4 Å². The molecule has 0 saturated carbocycles. The van der Waals surface area contributed by atoms with Crippen LogP contribution in [0.4, 0.5) is 17.6 Å². The van der Waals surface area contributed by atoms with Crippen LogP contribution in [0.2, 0.25) is 0 Å². The van der Waals surface area contributed by atoms with Crippen LogP contribution in [0.25, 0.3) is 10.9 Å². The normalized spacial score (nSPS) is 15.4. The number of benzene rings is 2. The predicted octanol–water partition coefficient (Wildman–Crippen LogP) is 6.04. The molecule has 0 bridgehead atoms. The number of carbonyl (C=O) groups is 3. The molecule has 0 atom stereocenters. The smallest absolute Gasteiger partial charge is 0.416 e. The van der Waals surface area contributed by atoms with Crippen molar-refractivity contribution >= 4 is 28.6 Å². The average Bonchev–Trinajstić information content (AvgIpc) is 3.01. The summed E-state index contributed by atoms with van der Waals surface area (Å²) in [5.41, 5.74) is -8.18. The van der Waals surface area contributed by atoms with Gasteiger partial charge in [-0.25, -0.2) is 9.07 Å². The number of nitrogens with zero attached hydrogens (tertiary/aromatic N) is 3. The van der Waals surface area contributed by atoms with Crippen molar-refractivity contribution in [3.05, 3.63) is 63.9 Å². The number of aryl methyl sites for hydroxylation is 1. The lowest BCUT2D eigenvalue weighted by molar-refractivity contribution is -0.186. The molecule has 0 spiro atoms. The molecule has 2 heterocycles. The van der Waals surface area contributed by atoms with Crippen LogP contribution in [0.1, 0.15) is 83.1 Å². The van der Waals surface area contributed by atoms with Crippen molar-refractivity contribution < 1.29 is 50.9 Å². The Labute approximate surface area is 286 Å². The molecule has 0 amide bonds. The molecule has 1 saturated heterocycles. The Bertz CT molecular complexity index is 1740. The molecule has 272 valence electrons. The predicted molar refractivity (Wildman–Crippen MR) is 172 cm³/mol. The van der Waals surface area contributed by atoms with Gasteiger partial charge in [0.15, 0.2) is 11.2 Å². The van der Waals surface area contributed by atoms with Gasteiger partial charge in [0.05, 0.1) is 10.9 Å². The quantitative estimate of drug-likeness (QED) is 0.100. The first-order chi connectivity index (χ1) is 23.1. The second kappa shape index (κ2) is 14.4. The molecule has 1 aromatic heterocycles. The minimum atomic E-state index is -4.73. The second-order valence-corrected chi connectivity index (χ2v) is 14.4. The van der Waals surface area contributed by atoms with E-state index in [0.717, 1.165) is 16.8 Å². The summed E-state index contributed by atoms with van der Waals surface area (Å²) in [6.45, 7) is 9.20. The number of fused-ring (bicyclic) bond motifs is 1. The number of carbonyl (C=O) groups excluding carboxylic acids is 3. The highest BCUT2D eigenvalue weighted by Gasteiger charge is 2.52. The maximum Gasteiger partial charge on any atom is 0.416 e. The minimum absolute atomic E-state index is 0.0808. The van der Waals surface area contributed by atoms with Crippen molar-refractivity contribution in [1.82, 2.24) is 15.0 Å². The SMILES string of the molecule is CC(C)(C)OC(=O)C(CCn1nnc2ccc(C(F)(F)F)cc2c1=O)(CC(=O)c1ccc(OCC2(F)CCOCC2)cc1)C(=O)OC(C)(C)C. The standard InChI is InChI=1S/C35H41F4N3O8/c1-31(2,3)49-29(45)34(30(46)50-32(4,5)6,13-16-42-28(44)25-19-23(35(37,38)39)9-12-26(25)40-41-42)20-27(43)22-7-10-24(11-8-22)48-21-33(36)14-17-47-18-15-33/h7-12,19H,13-18,20-21H2,1-6H3. The number of aromatic nitrogens is 3. The van der Waals surface area contributed by atoms with Gasteiger partial charge in [-0.1, -0.05) is 5.21 Å². The van der Waals surface area contributed by atoms with Gasteiger partial charge in [-0.3, -0.25) is 19.2 Å². The third-order valence-electron chi connectivity index (χ3n) is 7.90. The first-order valence-corrected chi connectivity index (χ1v) is 16.1. The topological polar surface area (TPSA) is 136 Å². The van der Waals surface area contributed by atoms with Gasteiger partial charge in [0.2, 0.25) is 0 Å². The van der Waals surface area contributed by atoms with Crippen molar-refractivity contribution in [1.29, 1.82) is 0 Å². The van der Waals surface area contributed by atoms with Crippen molar-refractivity contribution in [3.8, 4) is 5.75 Å². The van der Waals surface area contributed by atoms with E-state index in [1.54, 1.807) is 41.5 Å². The number of rotatable bonds is 11. The molecule has 0 N–H and O–H groups in total. The zero-order valence-electron chi connectivity index (χ0n) is 28.8. The van der Waals surface area contributed by atoms with Crippen molar-refractivity contribution in [3.63, 3.8) is 0 Å². The van der Waals surface area contributed by atoms with Crippen LogP contribution in [0.5, 0.6) is 5.75 Å². The lowest BCUT2D eigenvalue weighted by atomic mass is 9.78. The van der Waals surface area contributed by atoms with Crippen molar-refractivity contribution in [2.24, 2.45) is 5.41 Å². The Morgan fingerprint density at radius 2 is 1.48 bits per heavy atom. The summed E-state index contributed by atoms with van der Waals surface area (Å²) in [6, 6.07) is 8.14. The van der Waals surface area contributed by atoms with Crippen LogP contribution >= 0.6 is 0 Å². The van der Waals surface area contributed by atoms with Crippen LogP contribution in [0.3, 0.4) is 0 Å². The molecule has 15 heteroatoms. The van der Waals surface area contributed by atoms with Crippen LogP contribution in [0.15, 0.2) is 47.3 Å². The van der Waals surface area contributed by atoms with Crippen LogP contribution in [0, 0.1) is 5.41 Å². The van der Waals surface area contributed by atoms with Crippen molar-refractivity contribution in [2.75, 3.05) is 19.8 Å². The van der Waals surface area contributed by atoms with E-state index in [9.17, 15) is 36.7 Å². The van der Waals surface area contributed by atoms with E-state index < -0.39 is 76.7 Å². The summed E-state index contributed by atoms with van der Waals surface area (Å²) in [4.78, 5) is 55.1. The molecule has 11 nitrogen and oxygen atoms in total. The highest BCUT2D eigenvalue weighted by molar-refractivity contribution is 6.07. The minimum Gasteiger partial charge on any atom is -0.490 e. The van der Waals surface area contributed by atoms with Gasteiger partial charge < -0.3 is 18.9 Å². The van der Waals surface area contributed by atoms with Crippen LogP contribution < -0.4 is 10.3 Å². The van der Waals surface area contributed by atoms with Gasteiger partial charge >= 0.3 is 18.1 Å². The molecule has 1 fully saturated rings. The molecule has 1 aliphatic rings. The van der Waals surface area contributed by atoms with Gasteiger partial charge in [-0.05, 0) is 90.4 Å². The van der Waals surface area contributed by atoms with Crippen molar-refractivity contribution in [2.45, 2.75) is 96.8 Å². The van der Waals surface area contributed by atoms with Gasteiger partial charge in [0.25, 0.3) is 5.56 Å². The third kappa shape index (κ3) is 9.64. The lowest BCUT2D eigenvalue weighted by Crippen LogP contribution is -2.49. The number of Topliss-reactive ketones (excluding diaryl/α,β-unsaturated/α-hetero) is 1. The number of alkyl halides is 4. The molecule has 4 rings (SSSR count).